The minimum absolute atomic E-state index is 0.0671. The molecular weight excluding hydrogens is 368 g/mol. The summed E-state index contributed by atoms with van der Waals surface area (Å²) < 4.78 is 62.1. The molecule has 0 unspecified atom stereocenters. The van der Waals surface area contributed by atoms with Crippen molar-refractivity contribution in [3.05, 3.63) is 77.4 Å². The average molecular weight is 388 g/mol. The number of benzene rings is 3. The summed E-state index contributed by atoms with van der Waals surface area (Å²) in [5, 5.41) is 0. The number of hydrogen-bond acceptors (Lipinski definition) is 1. The van der Waals surface area contributed by atoms with Crippen molar-refractivity contribution in [2.24, 2.45) is 0 Å². The molecule has 0 aliphatic heterocycles. The van der Waals surface area contributed by atoms with Gasteiger partial charge in [-0.3, -0.25) is 0 Å². The van der Waals surface area contributed by atoms with Crippen LogP contribution in [0.15, 0.2) is 48.5 Å². The molecule has 0 aliphatic carbocycles. The molecule has 0 radical (unpaired) electrons. The fraction of sp³-hybridized carbons (Fsp3) is 0.217. The summed E-state index contributed by atoms with van der Waals surface area (Å²) in [4.78, 5) is 0. The van der Waals surface area contributed by atoms with Crippen molar-refractivity contribution in [2.75, 3.05) is 6.61 Å². The summed E-state index contributed by atoms with van der Waals surface area (Å²) >= 11 is 0. The van der Waals surface area contributed by atoms with E-state index in [1.165, 1.54) is 18.2 Å². The second-order valence-corrected chi connectivity index (χ2v) is 6.40. The van der Waals surface area contributed by atoms with Crippen molar-refractivity contribution in [1.29, 1.82) is 0 Å². The van der Waals surface area contributed by atoms with Gasteiger partial charge in [0, 0.05) is 11.1 Å². The molecular formula is C23H20F4O. The van der Waals surface area contributed by atoms with Gasteiger partial charge in [-0.05, 0) is 42.2 Å². The van der Waals surface area contributed by atoms with Gasteiger partial charge in [0.2, 0.25) is 5.82 Å². The largest absolute Gasteiger partial charge is 0.491 e. The Labute approximate surface area is 161 Å². The van der Waals surface area contributed by atoms with Crippen LogP contribution >= 0.6 is 0 Å². The maximum atomic E-state index is 14.4. The maximum absolute atomic E-state index is 14.4. The molecule has 0 bridgehead atoms. The highest BCUT2D eigenvalue weighted by Gasteiger charge is 2.17. The Hall–Kier alpha value is -2.82. The fourth-order valence-electron chi connectivity index (χ4n) is 3.13. The van der Waals surface area contributed by atoms with Crippen molar-refractivity contribution in [3.63, 3.8) is 0 Å². The van der Waals surface area contributed by atoms with Crippen LogP contribution in [0.4, 0.5) is 17.6 Å². The quantitative estimate of drug-likeness (QED) is 0.416. The second kappa shape index (κ2) is 8.46. The molecule has 0 saturated carbocycles. The molecule has 0 aromatic heterocycles. The highest BCUT2D eigenvalue weighted by Crippen LogP contribution is 2.32. The van der Waals surface area contributed by atoms with Crippen molar-refractivity contribution in [3.8, 4) is 28.0 Å². The highest BCUT2D eigenvalue weighted by atomic mass is 19.2. The number of halogens is 4. The number of aryl methyl sites for hydroxylation is 1. The molecule has 0 saturated heterocycles. The standard InChI is InChI=1S/C23H20F4O/c1-3-5-16-10-11-17(21(25)20(16)24)14-6-8-15(9-7-14)18-12-13-19(28-4-2)23(27)22(18)26/h6-13H,3-5H2,1-2H3. The monoisotopic (exact) mass is 388 g/mol. The van der Waals surface area contributed by atoms with Gasteiger partial charge in [-0.1, -0.05) is 49.7 Å². The molecule has 3 aromatic rings. The first-order chi connectivity index (χ1) is 13.5. The molecule has 3 aromatic carbocycles. The van der Waals surface area contributed by atoms with E-state index in [2.05, 4.69) is 0 Å². The van der Waals surface area contributed by atoms with Gasteiger partial charge in [0.05, 0.1) is 6.61 Å². The summed E-state index contributed by atoms with van der Waals surface area (Å²) in [6.07, 6.45) is 1.18. The van der Waals surface area contributed by atoms with Gasteiger partial charge >= 0.3 is 0 Å². The molecule has 5 heteroatoms. The summed E-state index contributed by atoms with van der Waals surface area (Å²) in [5.74, 6) is -3.96. The first-order valence-corrected chi connectivity index (χ1v) is 9.16. The lowest BCUT2D eigenvalue weighted by atomic mass is 9.97. The third-order valence-corrected chi connectivity index (χ3v) is 4.54. The molecule has 0 atom stereocenters. The van der Waals surface area contributed by atoms with E-state index in [4.69, 9.17) is 4.74 Å². The van der Waals surface area contributed by atoms with Gasteiger partial charge in [0.1, 0.15) is 0 Å². The maximum Gasteiger partial charge on any atom is 0.201 e. The zero-order chi connectivity index (χ0) is 20.3. The van der Waals surface area contributed by atoms with Crippen LogP contribution < -0.4 is 4.74 Å². The van der Waals surface area contributed by atoms with Gasteiger partial charge < -0.3 is 4.74 Å². The Bertz CT molecular complexity index is 900. The fourth-order valence-corrected chi connectivity index (χ4v) is 3.13. The van der Waals surface area contributed by atoms with Crippen molar-refractivity contribution < 1.29 is 22.3 Å². The van der Waals surface area contributed by atoms with Crippen LogP contribution in [-0.4, -0.2) is 6.61 Å². The molecule has 0 fully saturated rings. The SMILES string of the molecule is CCCc1ccc(-c2ccc(-c3ccc(OCC)c(F)c3F)cc2)c(F)c1F. The first kappa shape index (κ1) is 19.9. The lowest BCUT2D eigenvalue weighted by molar-refractivity contribution is 0.314. The minimum atomic E-state index is -1.05. The summed E-state index contributed by atoms with van der Waals surface area (Å²) in [7, 11) is 0. The van der Waals surface area contributed by atoms with Crippen LogP contribution in [0.2, 0.25) is 0 Å². The lowest BCUT2D eigenvalue weighted by Crippen LogP contribution is -1.99. The second-order valence-electron chi connectivity index (χ2n) is 6.40. The van der Waals surface area contributed by atoms with E-state index >= 15 is 0 Å². The number of rotatable bonds is 6. The van der Waals surface area contributed by atoms with Crippen molar-refractivity contribution >= 4 is 0 Å². The first-order valence-electron chi connectivity index (χ1n) is 9.16. The van der Waals surface area contributed by atoms with Gasteiger partial charge in [-0.15, -0.1) is 0 Å². The van der Waals surface area contributed by atoms with Gasteiger partial charge in [-0.25, -0.2) is 13.2 Å². The molecule has 3 rings (SSSR count). The van der Waals surface area contributed by atoms with E-state index in [9.17, 15) is 17.6 Å². The van der Waals surface area contributed by atoms with Crippen LogP contribution in [0.3, 0.4) is 0 Å². The van der Waals surface area contributed by atoms with Crippen LogP contribution in [0.5, 0.6) is 5.75 Å². The van der Waals surface area contributed by atoms with E-state index in [0.29, 0.717) is 29.5 Å². The zero-order valence-corrected chi connectivity index (χ0v) is 15.7. The van der Waals surface area contributed by atoms with Crippen LogP contribution in [0, 0.1) is 23.3 Å². The third-order valence-electron chi connectivity index (χ3n) is 4.54. The normalized spacial score (nSPS) is 10.9. The minimum Gasteiger partial charge on any atom is -0.491 e. The van der Waals surface area contributed by atoms with Crippen molar-refractivity contribution in [1.82, 2.24) is 0 Å². The van der Waals surface area contributed by atoms with Gasteiger partial charge in [0.15, 0.2) is 23.2 Å². The third kappa shape index (κ3) is 3.75. The summed E-state index contributed by atoms with van der Waals surface area (Å²) in [5.41, 5.74) is 1.41. The van der Waals surface area contributed by atoms with Gasteiger partial charge in [-0.2, -0.15) is 4.39 Å². The molecule has 0 heterocycles. The van der Waals surface area contributed by atoms with Crippen LogP contribution in [0.25, 0.3) is 22.3 Å². The van der Waals surface area contributed by atoms with E-state index in [0.717, 1.165) is 0 Å². The molecule has 0 aliphatic rings. The predicted octanol–water partition coefficient (Wildman–Crippen LogP) is 6.93. The molecule has 0 amide bonds. The smallest absolute Gasteiger partial charge is 0.201 e. The molecule has 0 spiro atoms. The average Bonchev–Trinajstić information content (AvgIpc) is 2.70. The zero-order valence-electron chi connectivity index (χ0n) is 15.7. The predicted molar refractivity (Wildman–Crippen MR) is 102 cm³/mol. The number of hydrogen-bond donors (Lipinski definition) is 0. The van der Waals surface area contributed by atoms with E-state index in [-0.39, 0.29) is 23.5 Å². The highest BCUT2D eigenvalue weighted by molar-refractivity contribution is 5.71. The van der Waals surface area contributed by atoms with Crippen molar-refractivity contribution in [2.45, 2.75) is 26.7 Å². The van der Waals surface area contributed by atoms with E-state index < -0.39 is 23.3 Å². The van der Waals surface area contributed by atoms with E-state index in [1.807, 2.05) is 6.92 Å². The topological polar surface area (TPSA) is 9.23 Å². The Morgan fingerprint density at radius 1 is 0.643 bits per heavy atom. The Kier molecular flexibility index (Phi) is 6.02. The van der Waals surface area contributed by atoms with Crippen LogP contribution in [-0.2, 0) is 6.42 Å². The molecule has 146 valence electrons. The number of ether oxygens (including phenoxy) is 1. The Morgan fingerprint density at radius 3 is 1.71 bits per heavy atom. The van der Waals surface area contributed by atoms with Crippen LogP contribution in [0.1, 0.15) is 25.8 Å². The Balaban J connectivity index is 1.95. The lowest BCUT2D eigenvalue weighted by Gasteiger charge is -2.11. The van der Waals surface area contributed by atoms with Gasteiger partial charge in [0.25, 0.3) is 0 Å². The molecule has 28 heavy (non-hydrogen) atoms. The Morgan fingerprint density at radius 2 is 1.18 bits per heavy atom. The summed E-state index contributed by atoms with van der Waals surface area (Å²) in [6, 6.07) is 12.1. The summed E-state index contributed by atoms with van der Waals surface area (Å²) in [6.45, 7) is 3.80. The van der Waals surface area contributed by atoms with E-state index in [1.54, 1.807) is 37.3 Å². The molecule has 1 nitrogen and oxygen atoms in total. The molecule has 0 N–H and O–H groups in total.